The Balaban J connectivity index is 2.94. The largest absolute Gasteiger partial charge is 0.464 e. The highest BCUT2D eigenvalue weighted by Gasteiger charge is 2.16. The maximum Gasteiger partial charge on any atom is 0.354 e. The summed E-state index contributed by atoms with van der Waals surface area (Å²) in [6, 6.07) is 9.54. The second kappa shape index (κ2) is 7.59. The maximum atomic E-state index is 11.8. The van der Waals surface area contributed by atoms with Gasteiger partial charge in [-0.05, 0) is 25.0 Å². The molecular formula is C15H21NO3. The van der Waals surface area contributed by atoms with Crippen molar-refractivity contribution in [3.05, 3.63) is 42.1 Å². The van der Waals surface area contributed by atoms with E-state index in [1.807, 2.05) is 37.3 Å². The first-order valence-corrected chi connectivity index (χ1v) is 6.35. The van der Waals surface area contributed by atoms with Crippen molar-refractivity contribution >= 4 is 11.7 Å². The lowest BCUT2D eigenvalue weighted by molar-refractivity contribution is -0.136. The van der Waals surface area contributed by atoms with Crippen LogP contribution in [-0.2, 0) is 9.53 Å². The van der Waals surface area contributed by atoms with Crippen molar-refractivity contribution in [2.75, 3.05) is 19.1 Å². The number of methoxy groups -OCH3 is 1. The van der Waals surface area contributed by atoms with Crippen molar-refractivity contribution in [2.24, 2.45) is 0 Å². The Bertz CT molecular complexity index is 428. The van der Waals surface area contributed by atoms with Crippen LogP contribution in [0.3, 0.4) is 0 Å². The molecule has 0 aliphatic carbocycles. The molecule has 1 atom stereocenters. The average molecular weight is 263 g/mol. The molecule has 0 bridgehead atoms. The summed E-state index contributed by atoms with van der Waals surface area (Å²) in [6.07, 6.45) is 2.36. The van der Waals surface area contributed by atoms with Gasteiger partial charge in [-0.1, -0.05) is 31.2 Å². The molecule has 0 aromatic heterocycles. The zero-order valence-electron chi connectivity index (χ0n) is 11.7. The van der Waals surface area contributed by atoms with Crippen LogP contribution in [0.15, 0.2) is 42.1 Å². The van der Waals surface area contributed by atoms with Gasteiger partial charge in [0.25, 0.3) is 0 Å². The van der Waals surface area contributed by atoms with Gasteiger partial charge >= 0.3 is 5.97 Å². The molecule has 0 heterocycles. The first kappa shape index (κ1) is 15.2. The highest BCUT2D eigenvalue weighted by atomic mass is 16.5. The number of aliphatic hydroxyl groups excluding tert-OH is 1. The van der Waals surface area contributed by atoms with Crippen molar-refractivity contribution in [3.63, 3.8) is 0 Å². The summed E-state index contributed by atoms with van der Waals surface area (Å²) in [4.78, 5) is 13.6. The molecule has 0 amide bonds. The smallest absolute Gasteiger partial charge is 0.354 e. The first-order valence-electron chi connectivity index (χ1n) is 6.35. The molecule has 0 radical (unpaired) electrons. The molecule has 4 heteroatoms. The van der Waals surface area contributed by atoms with E-state index in [-0.39, 0.29) is 0 Å². The SMILES string of the molecule is CCC(O)C/C=C(/C(=O)OC)N(C)c1ccccc1. The second-order valence-corrected chi connectivity index (χ2v) is 4.27. The third kappa shape index (κ3) is 4.41. The maximum absolute atomic E-state index is 11.8. The van der Waals surface area contributed by atoms with Crippen LogP contribution in [0, 0.1) is 0 Å². The number of rotatable bonds is 6. The van der Waals surface area contributed by atoms with E-state index < -0.39 is 12.1 Å². The molecule has 0 spiro atoms. The van der Waals surface area contributed by atoms with Crippen molar-refractivity contribution in [3.8, 4) is 0 Å². The molecule has 0 saturated heterocycles. The average Bonchev–Trinajstić information content (AvgIpc) is 2.47. The van der Waals surface area contributed by atoms with Gasteiger partial charge in [0.15, 0.2) is 0 Å². The molecule has 1 unspecified atom stereocenters. The number of carbonyl (C=O) groups excluding carboxylic acids is 1. The number of carbonyl (C=O) groups is 1. The fourth-order valence-corrected chi connectivity index (χ4v) is 1.67. The molecule has 104 valence electrons. The number of ether oxygens (including phenoxy) is 1. The van der Waals surface area contributed by atoms with Crippen LogP contribution >= 0.6 is 0 Å². The molecule has 1 N–H and O–H groups in total. The summed E-state index contributed by atoms with van der Waals surface area (Å²) in [6.45, 7) is 1.90. The molecule has 0 saturated carbocycles. The minimum atomic E-state index is -0.441. The van der Waals surface area contributed by atoms with Gasteiger partial charge in [-0.2, -0.15) is 0 Å². The summed E-state index contributed by atoms with van der Waals surface area (Å²) >= 11 is 0. The van der Waals surface area contributed by atoms with Crippen LogP contribution in [-0.4, -0.2) is 31.3 Å². The topological polar surface area (TPSA) is 49.8 Å². The summed E-state index contributed by atoms with van der Waals surface area (Å²) in [5, 5.41) is 9.60. The van der Waals surface area contributed by atoms with Crippen LogP contribution < -0.4 is 4.90 Å². The van der Waals surface area contributed by atoms with Gasteiger partial charge in [-0.3, -0.25) is 0 Å². The van der Waals surface area contributed by atoms with Crippen molar-refractivity contribution in [1.82, 2.24) is 0 Å². The number of anilines is 1. The van der Waals surface area contributed by atoms with Crippen LogP contribution in [0.1, 0.15) is 19.8 Å². The molecule has 1 aromatic carbocycles. The summed E-state index contributed by atoms with van der Waals surface area (Å²) in [5.74, 6) is -0.408. The van der Waals surface area contributed by atoms with E-state index in [1.165, 1.54) is 7.11 Å². The van der Waals surface area contributed by atoms with E-state index in [4.69, 9.17) is 4.74 Å². The molecule has 4 nitrogen and oxygen atoms in total. The highest BCUT2D eigenvalue weighted by molar-refractivity contribution is 5.92. The minimum absolute atomic E-state index is 0.408. The number of hydrogen-bond donors (Lipinski definition) is 1. The summed E-state index contributed by atoms with van der Waals surface area (Å²) < 4.78 is 4.79. The molecule has 1 aromatic rings. The van der Waals surface area contributed by atoms with Gasteiger partial charge in [-0.25, -0.2) is 4.79 Å². The fourth-order valence-electron chi connectivity index (χ4n) is 1.67. The lowest BCUT2D eigenvalue weighted by atomic mass is 10.1. The number of para-hydroxylation sites is 1. The Hall–Kier alpha value is -1.81. The normalized spacial score (nSPS) is 12.9. The van der Waals surface area contributed by atoms with Gasteiger partial charge < -0.3 is 14.7 Å². The van der Waals surface area contributed by atoms with E-state index in [2.05, 4.69) is 0 Å². The second-order valence-electron chi connectivity index (χ2n) is 4.27. The Morgan fingerprint density at radius 1 is 1.42 bits per heavy atom. The van der Waals surface area contributed by atoms with Crippen LogP contribution in [0.4, 0.5) is 5.69 Å². The minimum Gasteiger partial charge on any atom is -0.464 e. The third-order valence-electron chi connectivity index (χ3n) is 2.95. The lowest BCUT2D eigenvalue weighted by Crippen LogP contribution is -2.24. The lowest BCUT2D eigenvalue weighted by Gasteiger charge is -2.21. The monoisotopic (exact) mass is 263 g/mol. The number of hydrogen-bond acceptors (Lipinski definition) is 4. The van der Waals surface area contributed by atoms with E-state index in [0.717, 1.165) is 5.69 Å². The number of esters is 1. The van der Waals surface area contributed by atoms with Gasteiger partial charge in [0, 0.05) is 12.7 Å². The van der Waals surface area contributed by atoms with Crippen molar-refractivity contribution in [1.29, 1.82) is 0 Å². The number of nitrogens with zero attached hydrogens (tertiary/aromatic N) is 1. The fraction of sp³-hybridized carbons (Fsp3) is 0.400. The predicted molar refractivity (Wildman–Crippen MR) is 75.9 cm³/mol. The highest BCUT2D eigenvalue weighted by Crippen LogP contribution is 2.18. The standard InChI is InChI=1S/C15H21NO3/c1-4-13(17)10-11-14(15(18)19-3)16(2)12-8-6-5-7-9-12/h5-9,11,13,17H,4,10H2,1-3H3/b14-11-. The Labute approximate surface area is 114 Å². The summed E-state index contributed by atoms with van der Waals surface area (Å²) in [7, 11) is 3.15. The zero-order valence-corrected chi connectivity index (χ0v) is 11.7. The van der Waals surface area contributed by atoms with Gasteiger partial charge in [-0.15, -0.1) is 0 Å². The third-order valence-corrected chi connectivity index (χ3v) is 2.95. The number of aliphatic hydroxyl groups is 1. The molecule has 1 rings (SSSR count). The number of benzene rings is 1. The van der Waals surface area contributed by atoms with E-state index in [0.29, 0.717) is 18.5 Å². The van der Waals surface area contributed by atoms with Gasteiger partial charge in [0.2, 0.25) is 0 Å². The summed E-state index contributed by atoms with van der Waals surface area (Å²) in [5.41, 5.74) is 1.33. The van der Waals surface area contributed by atoms with E-state index >= 15 is 0 Å². The molecule has 0 fully saturated rings. The zero-order chi connectivity index (χ0) is 14.3. The van der Waals surface area contributed by atoms with E-state index in [1.54, 1.807) is 18.0 Å². The van der Waals surface area contributed by atoms with Gasteiger partial charge in [0.1, 0.15) is 5.70 Å². The van der Waals surface area contributed by atoms with Crippen molar-refractivity contribution < 1.29 is 14.6 Å². The molecule has 19 heavy (non-hydrogen) atoms. The van der Waals surface area contributed by atoms with Crippen LogP contribution in [0.2, 0.25) is 0 Å². The van der Waals surface area contributed by atoms with E-state index in [9.17, 15) is 9.90 Å². The molecule has 0 aliphatic rings. The van der Waals surface area contributed by atoms with Crippen LogP contribution in [0.5, 0.6) is 0 Å². The quantitative estimate of drug-likeness (QED) is 0.632. The Morgan fingerprint density at radius 3 is 2.58 bits per heavy atom. The number of likely N-dealkylation sites (N-methyl/N-ethyl adjacent to an activating group) is 1. The molecular weight excluding hydrogens is 242 g/mol. The Morgan fingerprint density at radius 2 is 2.05 bits per heavy atom. The van der Waals surface area contributed by atoms with Crippen LogP contribution in [0.25, 0.3) is 0 Å². The van der Waals surface area contributed by atoms with Crippen molar-refractivity contribution in [2.45, 2.75) is 25.9 Å². The molecule has 0 aliphatic heterocycles. The predicted octanol–water partition coefficient (Wildman–Crippen LogP) is 2.34. The Kier molecular flexibility index (Phi) is 6.09. The van der Waals surface area contributed by atoms with Gasteiger partial charge in [0.05, 0.1) is 13.2 Å². The first-order chi connectivity index (χ1) is 9.10.